The lowest BCUT2D eigenvalue weighted by Gasteiger charge is -2.23. The highest BCUT2D eigenvalue weighted by atomic mass is 19.1. The van der Waals surface area contributed by atoms with E-state index in [1.54, 1.807) is 6.33 Å². The molecule has 1 aliphatic heterocycles. The second-order valence-corrected chi connectivity index (χ2v) is 5.21. The van der Waals surface area contributed by atoms with E-state index in [0.29, 0.717) is 18.0 Å². The number of nitrogens with one attached hydrogen (secondary N) is 1. The van der Waals surface area contributed by atoms with Gasteiger partial charge in [0.05, 0.1) is 12.9 Å². The summed E-state index contributed by atoms with van der Waals surface area (Å²) in [5, 5.41) is 3.32. The average molecular weight is 277 g/mol. The van der Waals surface area contributed by atoms with Crippen LogP contribution in [0.2, 0.25) is 0 Å². The van der Waals surface area contributed by atoms with E-state index in [-0.39, 0.29) is 5.82 Å². The van der Waals surface area contributed by atoms with Crippen molar-refractivity contribution in [2.45, 2.75) is 25.3 Å². The minimum Gasteiger partial charge on any atom is -0.330 e. The van der Waals surface area contributed by atoms with Crippen molar-refractivity contribution in [3.63, 3.8) is 0 Å². The van der Waals surface area contributed by atoms with Crippen molar-refractivity contribution in [1.29, 1.82) is 0 Å². The van der Waals surface area contributed by atoms with Crippen LogP contribution in [0.5, 0.6) is 0 Å². The Labute approximate surface area is 116 Å². The Balaban J connectivity index is 1.84. The SMILES string of the molecule is Fc1ccc(F)c(Cn2cncc2C2CCNCC2)c1. The van der Waals surface area contributed by atoms with Crippen molar-refractivity contribution in [3.05, 3.63) is 53.6 Å². The van der Waals surface area contributed by atoms with E-state index in [1.807, 2.05) is 10.8 Å². The third-order valence-corrected chi connectivity index (χ3v) is 3.85. The van der Waals surface area contributed by atoms with Crippen LogP contribution < -0.4 is 5.32 Å². The molecular weight excluding hydrogens is 260 g/mol. The molecule has 0 aliphatic carbocycles. The maximum absolute atomic E-state index is 13.7. The normalized spacial score (nSPS) is 16.5. The van der Waals surface area contributed by atoms with Crippen LogP contribution >= 0.6 is 0 Å². The van der Waals surface area contributed by atoms with E-state index in [0.717, 1.165) is 37.7 Å². The number of hydrogen-bond acceptors (Lipinski definition) is 2. The quantitative estimate of drug-likeness (QED) is 0.934. The van der Waals surface area contributed by atoms with Gasteiger partial charge in [-0.25, -0.2) is 13.8 Å². The van der Waals surface area contributed by atoms with Gasteiger partial charge in [-0.15, -0.1) is 0 Å². The summed E-state index contributed by atoms with van der Waals surface area (Å²) in [5.74, 6) is -0.350. The molecule has 1 N–H and O–H groups in total. The number of imidazole rings is 1. The molecular formula is C15H17F2N3. The highest BCUT2D eigenvalue weighted by Gasteiger charge is 2.19. The van der Waals surface area contributed by atoms with Gasteiger partial charge in [0.25, 0.3) is 0 Å². The molecule has 0 spiro atoms. The summed E-state index contributed by atoms with van der Waals surface area (Å²) in [7, 11) is 0. The summed E-state index contributed by atoms with van der Waals surface area (Å²) in [4.78, 5) is 4.17. The third-order valence-electron chi connectivity index (χ3n) is 3.85. The van der Waals surface area contributed by atoms with Crippen LogP contribution in [-0.4, -0.2) is 22.6 Å². The van der Waals surface area contributed by atoms with Crippen LogP contribution in [0.1, 0.15) is 30.0 Å². The molecule has 0 atom stereocenters. The molecule has 0 bridgehead atoms. The molecule has 3 rings (SSSR count). The molecule has 0 unspecified atom stereocenters. The maximum atomic E-state index is 13.7. The van der Waals surface area contributed by atoms with Gasteiger partial charge in [-0.05, 0) is 44.1 Å². The molecule has 1 aliphatic rings. The summed E-state index contributed by atoms with van der Waals surface area (Å²) in [5.41, 5.74) is 1.47. The lowest BCUT2D eigenvalue weighted by atomic mass is 9.95. The summed E-state index contributed by atoms with van der Waals surface area (Å²) in [6.45, 7) is 2.30. The van der Waals surface area contributed by atoms with Crippen LogP contribution in [0.3, 0.4) is 0 Å². The number of halogens is 2. The number of nitrogens with zero attached hydrogens (tertiary/aromatic N) is 2. The van der Waals surface area contributed by atoms with Crippen molar-refractivity contribution in [1.82, 2.24) is 14.9 Å². The maximum Gasteiger partial charge on any atom is 0.128 e. The average Bonchev–Trinajstić information content (AvgIpc) is 2.92. The van der Waals surface area contributed by atoms with Gasteiger partial charge < -0.3 is 9.88 Å². The fourth-order valence-corrected chi connectivity index (χ4v) is 2.77. The zero-order valence-corrected chi connectivity index (χ0v) is 11.1. The molecule has 0 amide bonds. The molecule has 0 radical (unpaired) electrons. The van der Waals surface area contributed by atoms with Crippen LogP contribution in [0, 0.1) is 11.6 Å². The van der Waals surface area contributed by atoms with Crippen LogP contribution in [0.25, 0.3) is 0 Å². The van der Waals surface area contributed by atoms with Crippen molar-refractivity contribution in [2.24, 2.45) is 0 Å². The van der Waals surface area contributed by atoms with E-state index >= 15 is 0 Å². The topological polar surface area (TPSA) is 29.9 Å². The zero-order chi connectivity index (χ0) is 13.9. The fraction of sp³-hybridized carbons (Fsp3) is 0.400. The summed E-state index contributed by atoms with van der Waals surface area (Å²) in [6, 6.07) is 3.56. The first-order valence-corrected chi connectivity index (χ1v) is 6.88. The molecule has 0 saturated carbocycles. The largest absolute Gasteiger partial charge is 0.330 e. The molecule has 3 nitrogen and oxygen atoms in total. The molecule has 20 heavy (non-hydrogen) atoms. The van der Waals surface area contributed by atoms with E-state index in [4.69, 9.17) is 0 Å². The van der Waals surface area contributed by atoms with Gasteiger partial charge in [0.1, 0.15) is 11.6 Å². The van der Waals surface area contributed by atoms with E-state index in [2.05, 4.69) is 10.3 Å². The molecule has 2 heterocycles. The van der Waals surface area contributed by atoms with Gasteiger partial charge in [0.2, 0.25) is 0 Å². The summed E-state index contributed by atoms with van der Waals surface area (Å²) in [6.07, 6.45) is 5.64. The Morgan fingerprint density at radius 2 is 2.05 bits per heavy atom. The van der Waals surface area contributed by atoms with E-state index < -0.39 is 5.82 Å². The van der Waals surface area contributed by atoms with Crippen LogP contribution in [0.4, 0.5) is 8.78 Å². The Hall–Kier alpha value is -1.75. The molecule has 1 fully saturated rings. The van der Waals surface area contributed by atoms with Gasteiger partial charge in [-0.2, -0.15) is 0 Å². The molecule has 1 saturated heterocycles. The molecule has 106 valence electrons. The van der Waals surface area contributed by atoms with Gasteiger partial charge in [0.15, 0.2) is 0 Å². The van der Waals surface area contributed by atoms with Gasteiger partial charge >= 0.3 is 0 Å². The number of piperidine rings is 1. The molecule has 2 aromatic rings. The predicted octanol–water partition coefficient (Wildman–Crippen LogP) is 2.68. The van der Waals surface area contributed by atoms with Gasteiger partial charge in [-0.1, -0.05) is 0 Å². The lowest BCUT2D eigenvalue weighted by Crippen LogP contribution is -2.27. The number of aromatic nitrogens is 2. The Kier molecular flexibility index (Phi) is 3.78. The first-order chi connectivity index (χ1) is 9.74. The zero-order valence-electron chi connectivity index (χ0n) is 11.1. The second-order valence-electron chi connectivity index (χ2n) is 5.21. The van der Waals surface area contributed by atoms with Crippen LogP contribution in [0.15, 0.2) is 30.7 Å². The standard InChI is InChI=1S/C15H17F2N3/c16-13-1-2-14(17)12(7-13)9-20-10-19-8-15(20)11-3-5-18-6-4-11/h1-2,7-8,10-11,18H,3-6,9H2. The van der Waals surface area contributed by atoms with Crippen molar-refractivity contribution in [3.8, 4) is 0 Å². The van der Waals surface area contributed by atoms with Gasteiger partial charge in [0, 0.05) is 23.4 Å². The predicted molar refractivity (Wildman–Crippen MR) is 72.5 cm³/mol. The monoisotopic (exact) mass is 277 g/mol. The minimum absolute atomic E-state index is 0.322. The fourth-order valence-electron chi connectivity index (χ4n) is 2.77. The number of rotatable bonds is 3. The first kappa shape index (κ1) is 13.2. The van der Waals surface area contributed by atoms with Crippen molar-refractivity contribution >= 4 is 0 Å². The first-order valence-electron chi connectivity index (χ1n) is 6.88. The Morgan fingerprint density at radius 3 is 2.85 bits per heavy atom. The smallest absolute Gasteiger partial charge is 0.128 e. The van der Waals surface area contributed by atoms with Crippen LogP contribution in [-0.2, 0) is 6.54 Å². The Morgan fingerprint density at radius 1 is 1.25 bits per heavy atom. The van der Waals surface area contributed by atoms with Crippen molar-refractivity contribution in [2.75, 3.05) is 13.1 Å². The molecule has 5 heteroatoms. The van der Waals surface area contributed by atoms with E-state index in [1.165, 1.54) is 12.1 Å². The van der Waals surface area contributed by atoms with Crippen molar-refractivity contribution < 1.29 is 8.78 Å². The highest BCUT2D eigenvalue weighted by Crippen LogP contribution is 2.25. The number of benzene rings is 1. The highest BCUT2D eigenvalue weighted by molar-refractivity contribution is 5.20. The summed E-state index contributed by atoms with van der Waals surface area (Å²) >= 11 is 0. The molecule has 1 aromatic heterocycles. The number of hydrogen-bond donors (Lipinski definition) is 1. The van der Waals surface area contributed by atoms with E-state index in [9.17, 15) is 8.78 Å². The second kappa shape index (κ2) is 5.71. The minimum atomic E-state index is -0.412. The third kappa shape index (κ3) is 2.72. The molecule has 1 aromatic carbocycles. The van der Waals surface area contributed by atoms with Gasteiger partial charge in [-0.3, -0.25) is 0 Å². The Bertz CT molecular complexity index is 589. The summed E-state index contributed by atoms with van der Waals surface area (Å²) < 4.78 is 28.9. The lowest BCUT2D eigenvalue weighted by molar-refractivity contribution is 0.441.